The van der Waals surface area contributed by atoms with Crippen molar-refractivity contribution in [3.8, 4) is 0 Å². The lowest BCUT2D eigenvalue weighted by molar-refractivity contribution is -0.117. The molecule has 1 aliphatic heterocycles. The molecule has 1 amide bonds. The Balaban J connectivity index is 0.00000176. The Hall–Kier alpha value is -0.710. The van der Waals surface area contributed by atoms with Gasteiger partial charge in [-0.25, -0.2) is 0 Å². The number of benzene rings is 1. The van der Waals surface area contributed by atoms with Crippen molar-refractivity contribution in [2.24, 2.45) is 5.92 Å². The molecule has 1 saturated carbocycles. The summed E-state index contributed by atoms with van der Waals surface area (Å²) in [4.78, 5) is 13.7. The number of carbonyl (C=O) groups excluding carboxylic acids is 1. The van der Waals surface area contributed by atoms with Crippen molar-refractivity contribution in [3.63, 3.8) is 0 Å². The summed E-state index contributed by atoms with van der Waals surface area (Å²) in [6, 6.07) is 8.69. The molecule has 2 N–H and O–H groups in total. The molecular formula is C17H25ClN2OS. The molecular weight excluding hydrogens is 316 g/mol. The summed E-state index contributed by atoms with van der Waals surface area (Å²) in [5, 5.41) is 6.61. The molecule has 1 heterocycles. The SMILES string of the molecule is CCSc1cccc(NC(=O)C2CC3CCCCC3N2)c1.Cl. The van der Waals surface area contributed by atoms with E-state index < -0.39 is 0 Å². The van der Waals surface area contributed by atoms with E-state index in [0.717, 1.165) is 17.9 Å². The third-order valence-electron chi connectivity index (χ3n) is 4.59. The molecule has 3 atom stereocenters. The molecule has 3 unspecified atom stereocenters. The van der Waals surface area contributed by atoms with Crippen LogP contribution in [0.2, 0.25) is 0 Å². The van der Waals surface area contributed by atoms with Gasteiger partial charge >= 0.3 is 0 Å². The van der Waals surface area contributed by atoms with Crippen LogP contribution in [-0.2, 0) is 4.79 Å². The summed E-state index contributed by atoms with van der Waals surface area (Å²) >= 11 is 1.80. The molecule has 0 bridgehead atoms. The number of carbonyl (C=O) groups is 1. The monoisotopic (exact) mass is 340 g/mol. The number of hydrogen-bond donors (Lipinski definition) is 2. The average molecular weight is 341 g/mol. The zero-order valence-corrected chi connectivity index (χ0v) is 14.6. The fourth-order valence-electron chi connectivity index (χ4n) is 3.58. The van der Waals surface area contributed by atoms with Crippen LogP contribution in [0.15, 0.2) is 29.2 Å². The maximum atomic E-state index is 12.4. The Morgan fingerprint density at radius 2 is 2.18 bits per heavy atom. The van der Waals surface area contributed by atoms with Crippen molar-refractivity contribution in [1.82, 2.24) is 5.32 Å². The van der Waals surface area contributed by atoms with Crippen molar-refractivity contribution < 1.29 is 4.79 Å². The lowest BCUT2D eigenvalue weighted by atomic mass is 9.85. The van der Waals surface area contributed by atoms with Crippen LogP contribution in [-0.4, -0.2) is 23.7 Å². The van der Waals surface area contributed by atoms with Crippen LogP contribution >= 0.6 is 24.2 Å². The average Bonchev–Trinajstić information content (AvgIpc) is 2.92. The highest BCUT2D eigenvalue weighted by Gasteiger charge is 2.38. The summed E-state index contributed by atoms with van der Waals surface area (Å²) in [6.45, 7) is 2.14. The minimum absolute atomic E-state index is 0. The lowest BCUT2D eigenvalue weighted by Gasteiger charge is -2.24. The summed E-state index contributed by atoms with van der Waals surface area (Å²) in [7, 11) is 0. The number of hydrogen-bond acceptors (Lipinski definition) is 3. The Morgan fingerprint density at radius 3 is 2.95 bits per heavy atom. The van der Waals surface area contributed by atoms with Crippen molar-refractivity contribution in [2.45, 2.75) is 56.0 Å². The molecule has 3 rings (SSSR count). The van der Waals surface area contributed by atoms with Gasteiger partial charge < -0.3 is 10.6 Å². The molecule has 0 radical (unpaired) electrons. The van der Waals surface area contributed by atoms with Crippen LogP contribution in [0.5, 0.6) is 0 Å². The zero-order valence-electron chi connectivity index (χ0n) is 13.0. The smallest absolute Gasteiger partial charge is 0.241 e. The third kappa shape index (κ3) is 4.18. The number of thioether (sulfide) groups is 1. The minimum atomic E-state index is -0.0133. The largest absolute Gasteiger partial charge is 0.325 e. The quantitative estimate of drug-likeness (QED) is 0.811. The van der Waals surface area contributed by atoms with Gasteiger partial charge in [0, 0.05) is 16.6 Å². The van der Waals surface area contributed by atoms with Crippen LogP contribution in [0, 0.1) is 5.92 Å². The molecule has 2 aliphatic rings. The molecule has 0 aromatic heterocycles. The Morgan fingerprint density at radius 1 is 1.36 bits per heavy atom. The number of amides is 1. The maximum Gasteiger partial charge on any atom is 0.241 e. The van der Waals surface area contributed by atoms with Crippen molar-refractivity contribution >= 4 is 35.8 Å². The van der Waals surface area contributed by atoms with E-state index in [2.05, 4.69) is 29.7 Å². The van der Waals surface area contributed by atoms with Crippen LogP contribution in [0.4, 0.5) is 5.69 Å². The summed E-state index contributed by atoms with van der Waals surface area (Å²) in [5.74, 6) is 1.88. The van der Waals surface area contributed by atoms with Gasteiger partial charge in [0.2, 0.25) is 5.91 Å². The highest BCUT2D eigenvalue weighted by molar-refractivity contribution is 7.99. The standard InChI is InChI=1S/C17H24N2OS.ClH/c1-2-21-14-8-5-7-13(11-14)18-17(20)16-10-12-6-3-4-9-15(12)19-16;/h5,7-8,11-12,15-16,19H,2-4,6,9-10H2,1H3,(H,18,20);1H. The number of fused-ring (bicyclic) bond motifs is 1. The van der Waals surface area contributed by atoms with E-state index in [4.69, 9.17) is 0 Å². The van der Waals surface area contributed by atoms with Gasteiger partial charge in [0.15, 0.2) is 0 Å². The molecule has 1 aromatic carbocycles. The van der Waals surface area contributed by atoms with E-state index in [1.807, 2.05) is 12.1 Å². The second-order valence-electron chi connectivity index (χ2n) is 6.06. The van der Waals surface area contributed by atoms with Gasteiger partial charge in [0.1, 0.15) is 0 Å². The number of nitrogens with one attached hydrogen (secondary N) is 2. The van der Waals surface area contributed by atoms with Crippen LogP contribution < -0.4 is 10.6 Å². The minimum Gasteiger partial charge on any atom is -0.325 e. The van der Waals surface area contributed by atoms with E-state index in [9.17, 15) is 4.79 Å². The van der Waals surface area contributed by atoms with Gasteiger partial charge in [-0.15, -0.1) is 24.2 Å². The summed E-state index contributed by atoms with van der Waals surface area (Å²) in [6.07, 6.45) is 6.15. The second-order valence-corrected chi connectivity index (χ2v) is 7.39. The van der Waals surface area contributed by atoms with Crippen LogP contribution in [0.3, 0.4) is 0 Å². The molecule has 122 valence electrons. The first-order valence-corrected chi connectivity index (χ1v) is 9.04. The molecule has 5 heteroatoms. The van der Waals surface area contributed by atoms with Crippen molar-refractivity contribution in [2.75, 3.05) is 11.1 Å². The second kappa shape index (κ2) is 8.23. The topological polar surface area (TPSA) is 41.1 Å². The Bertz CT molecular complexity index is 497. The molecule has 1 aromatic rings. The molecule has 0 spiro atoms. The number of anilines is 1. The van der Waals surface area contributed by atoms with E-state index in [1.165, 1.54) is 30.6 Å². The zero-order chi connectivity index (χ0) is 14.7. The molecule has 1 aliphatic carbocycles. The van der Waals surface area contributed by atoms with E-state index in [-0.39, 0.29) is 24.4 Å². The van der Waals surface area contributed by atoms with Gasteiger partial charge in [-0.1, -0.05) is 25.8 Å². The normalized spacial score (nSPS) is 26.9. The summed E-state index contributed by atoms with van der Waals surface area (Å²) < 4.78 is 0. The predicted molar refractivity (Wildman–Crippen MR) is 96.0 cm³/mol. The van der Waals surface area contributed by atoms with Crippen LogP contribution in [0.1, 0.15) is 39.0 Å². The fourth-order valence-corrected chi connectivity index (χ4v) is 4.30. The predicted octanol–water partition coefficient (Wildman–Crippen LogP) is 4.08. The van der Waals surface area contributed by atoms with Gasteiger partial charge in [0.05, 0.1) is 6.04 Å². The fraction of sp³-hybridized carbons (Fsp3) is 0.588. The maximum absolute atomic E-state index is 12.4. The van der Waals surface area contributed by atoms with Crippen LogP contribution in [0.25, 0.3) is 0 Å². The molecule has 1 saturated heterocycles. The highest BCUT2D eigenvalue weighted by Crippen LogP contribution is 2.33. The first kappa shape index (κ1) is 17.6. The van der Waals surface area contributed by atoms with Crippen molar-refractivity contribution in [1.29, 1.82) is 0 Å². The lowest BCUT2D eigenvalue weighted by Crippen LogP contribution is -2.39. The molecule has 2 fully saturated rings. The molecule has 22 heavy (non-hydrogen) atoms. The Labute approximate surface area is 143 Å². The Kier molecular flexibility index (Phi) is 6.60. The number of rotatable bonds is 4. The van der Waals surface area contributed by atoms with Gasteiger partial charge in [-0.2, -0.15) is 0 Å². The summed E-state index contributed by atoms with van der Waals surface area (Å²) in [5.41, 5.74) is 0.912. The van der Waals surface area contributed by atoms with E-state index in [1.54, 1.807) is 11.8 Å². The molecule has 3 nitrogen and oxygen atoms in total. The third-order valence-corrected chi connectivity index (χ3v) is 5.47. The van der Waals surface area contributed by atoms with E-state index >= 15 is 0 Å². The van der Waals surface area contributed by atoms with Gasteiger partial charge in [-0.05, 0) is 49.1 Å². The highest BCUT2D eigenvalue weighted by atomic mass is 35.5. The van der Waals surface area contributed by atoms with Gasteiger partial charge in [-0.3, -0.25) is 4.79 Å². The van der Waals surface area contributed by atoms with Gasteiger partial charge in [0.25, 0.3) is 0 Å². The van der Waals surface area contributed by atoms with E-state index in [0.29, 0.717) is 12.0 Å². The van der Waals surface area contributed by atoms with Crippen molar-refractivity contribution in [3.05, 3.63) is 24.3 Å². The number of halogens is 1. The first-order chi connectivity index (χ1) is 10.3. The first-order valence-electron chi connectivity index (χ1n) is 8.06.